The second-order valence-electron chi connectivity index (χ2n) is 6.86. The molecule has 0 spiro atoms. The molecule has 0 aromatic rings. The molecule has 1 heterocycles. The Hall–Kier alpha value is -0.410. The van der Waals surface area contributed by atoms with E-state index in [-0.39, 0.29) is 5.92 Å². The van der Waals surface area contributed by atoms with Crippen LogP contribution < -0.4 is 0 Å². The van der Waals surface area contributed by atoms with E-state index in [0.717, 1.165) is 64.1 Å². The van der Waals surface area contributed by atoms with E-state index in [1.54, 1.807) is 0 Å². The van der Waals surface area contributed by atoms with Gasteiger partial charge >= 0.3 is 0 Å². The van der Waals surface area contributed by atoms with Crippen LogP contribution >= 0.6 is 0 Å². The molecule has 1 saturated carbocycles. The summed E-state index contributed by atoms with van der Waals surface area (Å²) in [7, 11) is 0. The number of ketones is 1. The van der Waals surface area contributed by atoms with Crippen molar-refractivity contribution in [1.82, 2.24) is 4.90 Å². The first-order chi connectivity index (χ1) is 9.00. The van der Waals surface area contributed by atoms with Crippen molar-refractivity contribution in [2.45, 2.75) is 64.4 Å². The third kappa shape index (κ3) is 4.28. The Morgan fingerprint density at radius 2 is 2.16 bits per heavy atom. The van der Waals surface area contributed by atoms with Crippen LogP contribution in [0, 0.1) is 11.8 Å². The highest BCUT2D eigenvalue weighted by Gasteiger charge is 2.31. The van der Waals surface area contributed by atoms with Gasteiger partial charge in [0.1, 0.15) is 5.78 Å². The first-order valence-corrected chi connectivity index (χ1v) is 7.97. The topological polar surface area (TPSA) is 40.5 Å². The predicted octanol–water partition coefficient (Wildman–Crippen LogP) is 2.62. The van der Waals surface area contributed by atoms with Gasteiger partial charge in [0.05, 0.1) is 5.60 Å². The van der Waals surface area contributed by atoms with Gasteiger partial charge in [-0.05, 0) is 51.5 Å². The minimum Gasteiger partial charge on any atom is -0.390 e. The van der Waals surface area contributed by atoms with E-state index >= 15 is 0 Å². The second-order valence-corrected chi connectivity index (χ2v) is 6.86. The number of hydrogen-bond acceptors (Lipinski definition) is 3. The number of carbonyl (C=O) groups excluding carboxylic acids is 1. The maximum Gasteiger partial charge on any atom is 0.137 e. The lowest BCUT2D eigenvalue weighted by molar-refractivity contribution is -0.126. The lowest BCUT2D eigenvalue weighted by Crippen LogP contribution is -2.37. The van der Waals surface area contributed by atoms with Gasteiger partial charge in [-0.3, -0.25) is 4.79 Å². The van der Waals surface area contributed by atoms with Crippen molar-refractivity contribution in [3.05, 3.63) is 0 Å². The van der Waals surface area contributed by atoms with Crippen molar-refractivity contribution in [2.75, 3.05) is 19.6 Å². The van der Waals surface area contributed by atoms with Crippen LogP contribution in [0.4, 0.5) is 0 Å². The van der Waals surface area contributed by atoms with E-state index in [9.17, 15) is 9.90 Å². The summed E-state index contributed by atoms with van der Waals surface area (Å²) in [6.45, 7) is 7.08. The summed E-state index contributed by atoms with van der Waals surface area (Å²) in [6.07, 6.45) is 6.95. The molecule has 1 aliphatic heterocycles. The molecular weight excluding hydrogens is 238 g/mol. The molecule has 2 aliphatic rings. The second kappa shape index (κ2) is 6.36. The van der Waals surface area contributed by atoms with Crippen molar-refractivity contribution in [1.29, 1.82) is 0 Å². The Kier molecular flexibility index (Phi) is 5.02. The molecule has 0 radical (unpaired) electrons. The summed E-state index contributed by atoms with van der Waals surface area (Å²) < 4.78 is 0. The van der Waals surface area contributed by atoms with Crippen LogP contribution in [0.15, 0.2) is 0 Å². The molecule has 0 bridgehead atoms. The lowest BCUT2D eigenvalue weighted by Gasteiger charge is -2.31. The Labute approximate surface area is 117 Å². The molecule has 1 saturated heterocycles. The fourth-order valence-electron chi connectivity index (χ4n) is 3.56. The van der Waals surface area contributed by atoms with Crippen LogP contribution in [0.1, 0.15) is 58.8 Å². The molecular formula is C16H29NO2. The average molecular weight is 267 g/mol. The number of likely N-dealkylation sites (tertiary alicyclic amines) is 1. The zero-order valence-corrected chi connectivity index (χ0v) is 12.5. The molecule has 3 nitrogen and oxygen atoms in total. The van der Waals surface area contributed by atoms with Crippen molar-refractivity contribution in [2.24, 2.45) is 11.8 Å². The van der Waals surface area contributed by atoms with Gasteiger partial charge in [0, 0.05) is 25.4 Å². The third-order valence-electron chi connectivity index (χ3n) is 5.08. The van der Waals surface area contributed by atoms with E-state index in [0.29, 0.717) is 5.78 Å². The summed E-state index contributed by atoms with van der Waals surface area (Å²) in [4.78, 5) is 14.5. The normalized spacial score (nSPS) is 38.2. The van der Waals surface area contributed by atoms with Gasteiger partial charge in [-0.25, -0.2) is 0 Å². The van der Waals surface area contributed by atoms with Crippen LogP contribution in [0.3, 0.4) is 0 Å². The van der Waals surface area contributed by atoms with Gasteiger partial charge in [-0.2, -0.15) is 0 Å². The molecule has 0 amide bonds. The fourth-order valence-corrected chi connectivity index (χ4v) is 3.56. The van der Waals surface area contributed by atoms with Crippen LogP contribution in [0.5, 0.6) is 0 Å². The molecule has 1 N–H and O–H groups in total. The Morgan fingerprint density at radius 3 is 2.89 bits per heavy atom. The highest BCUT2D eigenvalue weighted by atomic mass is 16.3. The largest absolute Gasteiger partial charge is 0.390 e. The summed E-state index contributed by atoms with van der Waals surface area (Å²) in [6, 6.07) is 0. The maximum atomic E-state index is 12.1. The summed E-state index contributed by atoms with van der Waals surface area (Å²) in [5.74, 6) is 1.47. The number of nitrogens with zero attached hydrogens (tertiary/aromatic N) is 1. The van der Waals surface area contributed by atoms with Crippen molar-refractivity contribution >= 4 is 5.78 Å². The zero-order chi connectivity index (χ0) is 13.9. The number of rotatable bonds is 3. The Bertz CT molecular complexity index is 314. The molecule has 0 aromatic carbocycles. The number of hydrogen-bond donors (Lipinski definition) is 1. The number of Topliss-reactive ketones (excluding diaryl/α,β-unsaturated/α-hetero) is 1. The molecule has 0 aromatic heterocycles. The van der Waals surface area contributed by atoms with Crippen LogP contribution in [-0.2, 0) is 4.79 Å². The van der Waals surface area contributed by atoms with Gasteiger partial charge in [0.25, 0.3) is 0 Å². The van der Waals surface area contributed by atoms with Gasteiger partial charge in [0.2, 0.25) is 0 Å². The van der Waals surface area contributed by atoms with E-state index < -0.39 is 5.60 Å². The van der Waals surface area contributed by atoms with Gasteiger partial charge in [0.15, 0.2) is 0 Å². The van der Waals surface area contributed by atoms with Crippen molar-refractivity contribution < 1.29 is 9.90 Å². The number of aliphatic hydroxyl groups is 1. The number of carbonyl (C=O) groups is 1. The van der Waals surface area contributed by atoms with Crippen LogP contribution in [0.25, 0.3) is 0 Å². The predicted molar refractivity (Wildman–Crippen MR) is 77.0 cm³/mol. The SMILES string of the molecule is CCC1CCC(=O)C(CN2CCCC(C)(O)CC2)C1. The molecule has 110 valence electrons. The van der Waals surface area contributed by atoms with Crippen molar-refractivity contribution in [3.8, 4) is 0 Å². The maximum absolute atomic E-state index is 12.1. The molecule has 2 fully saturated rings. The molecule has 3 unspecified atom stereocenters. The first-order valence-electron chi connectivity index (χ1n) is 7.97. The van der Waals surface area contributed by atoms with Gasteiger partial charge in [-0.1, -0.05) is 13.3 Å². The molecule has 2 rings (SSSR count). The van der Waals surface area contributed by atoms with E-state index in [4.69, 9.17) is 0 Å². The minimum absolute atomic E-state index is 0.252. The summed E-state index contributed by atoms with van der Waals surface area (Å²) in [5, 5.41) is 10.1. The lowest BCUT2D eigenvalue weighted by atomic mass is 9.79. The highest BCUT2D eigenvalue weighted by Crippen LogP contribution is 2.30. The van der Waals surface area contributed by atoms with E-state index in [1.165, 1.54) is 6.42 Å². The molecule has 19 heavy (non-hydrogen) atoms. The monoisotopic (exact) mass is 267 g/mol. The van der Waals surface area contributed by atoms with E-state index in [2.05, 4.69) is 11.8 Å². The quantitative estimate of drug-likeness (QED) is 0.854. The standard InChI is InChI=1S/C16H29NO2/c1-3-13-5-6-15(18)14(11-13)12-17-9-4-7-16(2,19)8-10-17/h13-14,19H,3-12H2,1-2H3. The van der Waals surface area contributed by atoms with Crippen molar-refractivity contribution in [3.63, 3.8) is 0 Å². The smallest absolute Gasteiger partial charge is 0.137 e. The summed E-state index contributed by atoms with van der Waals surface area (Å²) >= 11 is 0. The third-order valence-corrected chi connectivity index (χ3v) is 5.08. The Balaban J connectivity index is 1.87. The molecule has 3 atom stereocenters. The summed E-state index contributed by atoms with van der Waals surface area (Å²) in [5.41, 5.74) is -0.503. The molecule has 1 aliphatic carbocycles. The first kappa shape index (κ1) is 15.0. The molecule has 3 heteroatoms. The van der Waals surface area contributed by atoms with Gasteiger partial charge < -0.3 is 10.0 Å². The van der Waals surface area contributed by atoms with Crippen LogP contribution in [-0.4, -0.2) is 41.0 Å². The fraction of sp³-hybridized carbons (Fsp3) is 0.938. The van der Waals surface area contributed by atoms with Crippen LogP contribution in [0.2, 0.25) is 0 Å². The van der Waals surface area contributed by atoms with Gasteiger partial charge in [-0.15, -0.1) is 0 Å². The average Bonchev–Trinajstić information content (AvgIpc) is 2.54. The minimum atomic E-state index is -0.503. The Morgan fingerprint density at radius 1 is 1.37 bits per heavy atom. The highest BCUT2D eigenvalue weighted by molar-refractivity contribution is 5.81. The zero-order valence-electron chi connectivity index (χ0n) is 12.5. The van der Waals surface area contributed by atoms with E-state index in [1.807, 2.05) is 6.92 Å².